The molecule has 0 radical (unpaired) electrons. The van der Waals surface area contributed by atoms with Crippen LogP contribution in [0.5, 0.6) is 0 Å². The number of amides is 1. The Morgan fingerprint density at radius 3 is 2.90 bits per heavy atom. The second kappa shape index (κ2) is 7.77. The van der Waals surface area contributed by atoms with Gasteiger partial charge in [-0.15, -0.1) is 11.8 Å². The number of aromatic nitrogens is 1. The number of likely N-dealkylation sites (N-methyl/N-ethyl adjacent to an activating group) is 1. The number of carbonyl (C=O) groups excluding carboxylic acids is 1. The van der Waals surface area contributed by atoms with Crippen LogP contribution in [0.1, 0.15) is 23.8 Å². The molecule has 1 aromatic heterocycles. The van der Waals surface area contributed by atoms with Gasteiger partial charge < -0.3 is 14.9 Å². The standard InChI is InChI=1S/C15H23N3O2S/c1-17(2)8-9-18-14(20)13(6-4-10-19)21-15(18)12-5-3-7-16-11-12/h3,5,7,11,13,15,19H,4,6,8-10H2,1-2H3. The van der Waals surface area contributed by atoms with Crippen molar-refractivity contribution in [1.29, 1.82) is 0 Å². The van der Waals surface area contributed by atoms with Crippen LogP contribution in [0, 0.1) is 0 Å². The minimum absolute atomic E-state index is 0.0369. The fraction of sp³-hybridized carbons (Fsp3) is 0.600. The highest BCUT2D eigenvalue weighted by molar-refractivity contribution is 8.01. The van der Waals surface area contributed by atoms with Gasteiger partial charge in [0.2, 0.25) is 5.91 Å². The number of aliphatic hydroxyl groups excluding tert-OH is 1. The molecule has 0 aliphatic carbocycles. The van der Waals surface area contributed by atoms with E-state index in [4.69, 9.17) is 5.11 Å². The number of hydrogen-bond acceptors (Lipinski definition) is 5. The molecule has 2 unspecified atom stereocenters. The normalized spacial score (nSPS) is 22.3. The minimum atomic E-state index is -0.0514. The smallest absolute Gasteiger partial charge is 0.236 e. The van der Waals surface area contributed by atoms with E-state index in [-0.39, 0.29) is 23.1 Å². The SMILES string of the molecule is CN(C)CCN1C(=O)C(CCCO)SC1c1cccnc1. The zero-order valence-corrected chi connectivity index (χ0v) is 13.4. The average Bonchev–Trinajstić information content (AvgIpc) is 2.80. The summed E-state index contributed by atoms with van der Waals surface area (Å²) in [5, 5.41) is 8.97. The number of thioether (sulfide) groups is 1. The van der Waals surface area contributed by atoms with Gasteiger partial charge in [0.05, 0.1) is 5.25 Å². The van der Waals surface area contributed by atoms with Crippen molar-refractivity contribution in [2.45, 2.75) is 23.5 Å². The quantitative estimate of drug-likeness (QED) is 0.824. The first-order chi connectivity index (χ1) is 10.1. The van der Waals surface area contributed by atoms with Crippen LogP contribution < -0.4 is 0 Å². The lowest BCUT2D eigenvalue weighted by Crippen LogP contribution is -2.36. The molecular weight excluding hydrogens is 286 g/mol. The van der Waals surface area contributed by atoms with Gasteiger partial charge in [-0.2, -0.15) is 0 Å². The summed E-state index contributed by atoms with van der Waals surface area (Å²) in [6.45, 7) is 1.70. The van der Waals surface area contributed by atoms with Crippen LogP contribution >= 0.6 is 11.8 Å². The van der Waals surface area contributed by atoms with E-state index in [1.54, 1.807) is 18.0 Å². The van der Waals surface area contributed by atoms with Crippen molar-refractivity contribution in [3.05, 3.63) is 30.1 Å². The first-order valence-corrected chi connectivity index (χ1v) is 8.19. The van der Waals surface area contributed by atoms with Crippen molar-refractivity contribution in [3.63, 3.8) is 0 Å². The third-order valence-electron chi connectivity index (χ3n) is 3.52. The Kier molecular flexibility index (Phi) is 6.02. The number of carbonyl (C=O) groups is 1. The molecule has 1 fully saturated rings. The van der Waals surface area contributed by atoms with Gasteiger partial charge in [0, 0.05) is 37.7 Å². The summed E-state index contributed by atoms with van der Waals surface area (Å²) in [6.07, 6.45) is 4.99. The van der Waals surface area contributed by atoms with Crippen LogP contribution in [0.3, 0.4) is 0 Å². The molecule has 21 heavy (non-hydrogen) atoms. The van der Waals surface area contributed by atoms with Gasteiger partial charge >= 0.3 is 0 Å². The molecule has 0 saturated carbocycles. The first kappa shape index (κ1) is 16.3. The van der Waals surface area contributed by atoms with Crippen molar-refractivity contribution in [2.24, 2.45) is 0 Å². The number of aliphatic hydroxyl groups is 1. The molecule has 0 spiro atoms. The van der Waals surface area contributed by atoms with Crippen LogP contribution in [-0.4, -0.2) is 64.8 Å². The van der Waals surface area contributed by atoms with Gasteiger partial charge in [0.15, 0.2) is 0 Å². The Hall–Kier alpha value is -1.11. The largest absolute Gasteiger partial charge is 0.396 e. The van der Waals surface area contributed by atoms with E-state index in [1.807, 2.05) is 37.3 Å². The second-order valence-electron chi connectivity index (χ2n) is 5.46. The summed E-state index contributed by atoms with van der Waals surface area (Å²) >= 11 is 1.68. The molecule has 2 heterocycles. The lowest BCUT2D eigenvalue weighted by atomic mass is 10.2. The van der Waals surface area contributed by atoms with E-state index in [9.17, 15) is 4.79 Å². The maximum absolute atomic E-state index is 12.6. The summed E-state index contributed by atoms with van der Waals surface area (Å²) < 4.78 is 0. The maximum atomic E-state index is 12.6. The second-order valence-corrected chi connectivity index (χ2v) is 6.75. The van der Waals surface area contributed by atoms with Crippen molar-refractivity contribution in [2.75, 3.05) is 33.8 Å². The highest BCUT2D eigenvalue weighted by atomic mass is 32.2. The van der Waals surface area contributed by atoms with Crippen molar-refractivity contribution >= 4 is 17.7 Å². The van der Waals surface area contributed by atoms with Crippen LogP contribution in [0.15, 0.2) is 24.5 Å². The maximum Gasteiger partial charge on any atom is 0.236 e. The van der Waals surface area contributed by atoms with Crippen molar-refractivity contribution < 1.29 is 9.90 Å². The molecule has 2 atom stereocenters. The van der Waals surface area contributed by atoms with Gasteiger partial charge in [-0.25, -0.2) is 0 Å². The van der Waals surface area contributed by atoms with Gasteiger partial charge in [0.1, 0.15) is 5.37 Å². The van der Waals surface area contributed by atoms with E-state index in [2.05, 4.69) is 9.88 Å². The molecule has 6 heteroatoms. The summed E-state index contributed by atoms with van der Waals surface area (Å²) in [5.41, 5.74) is 1.07. The zero-order chi connectivity index (χ0) is 15.2. The lowest BCUT2D eigenvalue weighted by Gasteiger charge is -2.25. The Labute approximate surface area is 130 Å². The van der Waals surface area contributed by atoms with Gasteiger partial charge in [-0.3, -0.25) is 9.78 Å². The highest BCUT2D eigenvalue weighted by Gasteiger charge is 2.40. The molecule has 1 aliphatic rings. The lowest BCUT2D eigenvalue weighted by molar-refractivity contribution is -0.130. The Bertz CT molecular complexity index is 455. The van der Waals surface area contributed by atoms with Crippen LogP contribution in [0.2, 0.25) is 0 Å². The van der Waals surface area contributed by atoms with E-state index in [1.165, 1.54) is 0 Å². The minimum Gasteiger partial charge on any atom is -0.396 e. The van der Waals surface area contributed by atoms with Gasteiger partial charge in [-0.1, -0.05) is 6.07 Å². The van der Waals surface area contributed by atoms with Gasteiger partial charge in [-0.05, 0) is 33.0 Å². The zero-order valence-electron chi connectivity index (χ0n) is 12.6. The molecule has 1 aromatic rings. The van der Waals surface area contributed by atoms with Crippen LogP contribution in [0.25, 0.3) is 0 Å². The highest BCUT2D eigenvalue weighted by Crippen LogP contribution is 2.44. The molecule has 0 bridgehead atoms. The molecule has 1 N–H and O–H groups in total. The van der Waals surface area contributed by atoms with Crippen molar-refractivity contribution in [3.8, 4) is 0 Å². The van der Waals surface area contributed by atoms with Crippen molar-refractivity contribution in [1.82, 2.24) is 14.8 Å². The monoisotopic (exact) mass is 309 g/mol. The van der Waals surface area contributed by atoms with Crippen LogP contribution in [0.4, 0.5) is 0 Å². The molecule has 0 aromatic carbocycles. The molecule has 1 aliphatic heterocycles. The predicted molar refractivity (Wildman–Crippen MR) is 84.9 cm³/mol. The number of hydrogen-bond donors (Lipinski definition) is 1. The number of rotatable bonds is 7. The Morgan fingerprint density at radius 1 is 1.48 bits per heavy atom. The molecule has 1 amide bonds. The summed E-state index contributed by atoms with van der Waals surface area (Å²) in [7, 11) is 4.02. The predicted octanol–water partition coefficient (Wildman–Crippen LogP) is 1.36. The third kappa shape index (κ3) is 4.18. The molecule has 116 valence electrons. The third-order valence-corrected chi connectivity index (χ3v) is 5.07. The molecule has 1 saturated heterocycles. The molecular formula is C15H23N3O2S. The fourth-order valence-electron chi connectivity index (χ4n) is 2.37. The summed E-state index contributed by atoms with van der Waals surface area (Å²) in [5.74, 6) is 0.184. The summed E-state index contributed by atoms with van der Waals surface area (Å²) in [6, 6.07) is 3.93. The fourth-order valence-corrected chi connectivity index (χ4v) is 3.89. The first-order valence-electron chi connectivity index (χ1n) is 7.25. The van der Waals surface area contributed by atoms with Gasteiger partial charge in [0.25, 0.3) is 0 Å². The number of pyridine rings is 1. The Balaban J connectivity index is 2.13. The average molecular weight is 309 g/mol. The van der Waals surface area contributed by atoms with E-state index in [0.29, 0.717) is 13.0 Å². The Morgan fingerprint density at radius 2 is 2.29 bits per heavy atom. The summed E-state index contributed by atoms with van der Waals surface area (Å²) in [4.78, 5) is 20.8. The van der Waals surface area contributed by atoms with E-state index in [0.717, 1.165) is 18.5 Å². The molecule has 2 rings (SSSR count). The topological polar surface area (TPSA) is 56.7 Å². The molecule has 5 nitrogen and oxygen atoms in total. The van der Waals surface area contributed by atoms with E-state index < -0.39 is 0 Å². The number of nitrogens with zero attached hydrogens (tertiary/aromatic N) is 3. The van der Waals surface area contributed by atoms with E-state index >= 15 is 0 Å². The van der Waals surface area contributed by atoms with Crippen LogP contribution in [-0.2, 0) is 4.79 Å².